The Hall–Kier alpha value is -6.13. The molecule has 0 bridgehead atoms. The summed E-state index contributed by atoms with van der Waals surface area (Å²) < 4.78 is 2.19. The summed E-state index contributed by atoms with van der Waals surface area (Å²) in [6.45, 7) is 0. The van der Waals surface area contributed by atoms with Crippen molar-refractivity contribution < 1.29 is 0 Å². The molecule has 0 amide bonds. The Morgan fingerprint density at radius 3 is 1.73 bits per heavy atom. The van der Waals surface area contributed by atoms with Crippen molar-refractivity contribution in [1.29, 1.82) is 0 Å². The molecule has 9 aromatic rings. The lowest BCUT2D eigenvalue weighted by molar-refractivity contribution is 0.954. The number of rotatable bonds is 4. The van der Waals surface area contributed by atoms with E-state index in [0.717, 1.165) is 38.7 Å². The van der Waals surface area contributed by atoms with Crippen molar-refractivity contribution in [3.8, 4) is 39.9 Å². The first-order chi connectivity index (χ1) is 22.3. The number of benzene rings is 7. The van der Waals surface area contributed by atoms with Gasteiger partial charge in [-0.25, -0.2) is 4.98 Å². The average molecular weight is 575 g/mol. The van der Waals surface area contributed by atoms with Crippen LogP contribution in [-0.4, -0.2) is 19.5 Å². The van der Waals surface area contributed by atoms with Crippen LogP contribution in [0.2, 0.25) is 0 Å². The molecular weight excluding hydrogens is 548 g/mol. The number of nitrogens with zero attached hydrogens (tertiary/aromatic N) is 4. The van der Waals surface area contributed by atoms with Gasteiger partial charge in [-0.1, -0.05) is 127 Å². The van der Waals surface area contributed by atoms with Crippen molar-refractivity contribution in [2.24, 2.45) is 0 Å². The summed E-state index contributed by atoms with van der Waals surface area (Å²) in [5, 5.41) is 7.05. The summed E-state index contributed by atoms with van der Waals surface area (Å²) in [5.41, 5.74) is 6.28. The van der Waals surface area contributed by atoms with E-state index in [1.54, 1.807) is 0 Å². The van der Waals surface area contributed by atoms with Gasteiger partial charge in [0.05, 0.1) is 11.0 Å². The molecule has 0 spiro atoms. The highest BCUT2D eigenvalue weighted by atomic mass is 15.2. The molecule has 0 saturated heterocycles. The third-order valence-corrected chi connectivity index (χ3v) is 8.60. The van der Waals surface area contributed by atoms with Crippen LogP contribution in [-0.2, 0) is 0 Å². The summed E-state index contributed by atoms with van der Waals surface area (Å²) >= 11 is 0. The van der Waals surface area contributed by atoms with Gasteiger partial charge in [-0.15, -0.1) is 0 Å². The van der Waals surface area contributed by atoms with Crippen molar-refractivity contribution in [3.05, 3.63) is 158 Å². The Kier molecular flexibility index (Phi) is 5.78. The van der Waals surface area contributed by atoms with E-state index in [-0.39, 0.29) is 0 Å². The summed E-state index contributed by atoms with van der Waals surface area (Å²) in [6.07, 6.45) is 0. The van der Waals surface area contributed by atoms with Gasteiger partial charge in [-0.2, -0.15) is 9.97 Å². The number of hydrogen-bond acceptors (Lipinski definition) is 3. The highest BCUT2D eigenvalue weighted by Crippen LogP contribution is 2.35. The van der Waals surface area contributed by atoms with Crippen LogP contribution in [0.4, 0.5) is 0 Å². The maximum absolute atomic E-state index is 5.19. The normalized spacial score (nSPS) is 11.6. The Morgan fingerprint density at radius 2 is 0.933 bits per heavy atom. The molecular formula is C41H26N4. The lowest BCUT2D eigenvalue weighted by atomic mass is 10.0. The van der Waals surface area contributed by atoms with E-state index in [1.165, 1.54) is 26.9 Å². The third kappa shape index (κ3) is 4.35. The number of para-hydroxylation sites is 1. The molecule has 4 heteroatoms. The largest absolute Gasteiger partial charge is 0.278 e. The van der Waals surface area contributed by atoms with Crippen LogP contribution in [0.25, 0.3) is 83.2 Å². The summed E-state index contributed by atoms with van der Waals surface area (Å²) in [5.74, 6) is 1.86. The minimum atomic E-state index is 0.592. The molecule has 0 aliphatic heterocycles. The van der Waals surface area contributed by atoms with Gasteiger partial charge in [0.15, 0.2) is 11.6 Å². The van der Waals surface area contributed by atoms with Crippen LogP contribution in [0.5, 0.6) is 0 Å². The Balaban J connectivity index is 1.33. The van der Waals surface area contributed by atoms with E-state index in [9.17, 15) is 0 Å². The summed E-state index contributed by atoms with van der Waals surface area (Å²) in [7, 11) is 0. The first-order valence-electron chi connectivity index (χ1n) is 15.1. The van der Waals surface area contributed by atoms with Crippen molar-refractivity contribution in [2.75, 3.05) is 0 Å². The Morgan fingerprint density at radius 1 is 0.333 bits per heavy atom. The van der Waals surface area contributed by atoms with Crippen molar-refractivity contribution in [2.45, 2.75) is 0 Å². The van der Waals surface area contributed by atoms with E-state index in [2.05, 4.69) is 156 Å². The minimum Gasteiger partial charge on any atom is -0.278 e. The van der Waals surface area contributed by atoms with Gasteiger partial charge in [-0.3, -0.25) is 4.57 Å². The van der Waals surface area contributed by atoms with Crippen LogP contribution in [0.1, 0.15) is 0 Å². The van der Waals surface area contributed by atoms with Gasteiger partial charge in [0, 0.05) is 21.9 Å². The molecule has 0 aliphatic carbocycles. The van der Waals surface area contributed by atoms with Gasteiger partial charge in [0.1, 0.15) is 0 Å². The number of hydrogen-bond donors (Lipinski definition) is 0. The standard InChI is InChI=1S/C41H26N4/c1-2-11-27(12-3-1)30-17-10-18-33(23-30)39-42-40(34-22-21-28-13-4-5-14-29(28)24-34)44-41(43-39)45-37-20-9-8-19-35(37)36-25-31-15-6-7-16-32(31)26-38(36)45/h1-26H. The van der Waals surface area contributed by atoms with E-state index in [1.807, 2.05) is 6.07 Å². The molecule has 45 heavy (non-hydrogen) atoms. The molecule has 9 rings (SSSR count). The van der Waals surface area contributed by atoms with Crippen LogP contribution >= 0.6 is 0 Å². The third-order valence-electron chi connectivity index (χ3n) is 8.60. The Bertz CT molecular complexity index is 2550. The van der Waals surface area contributed by atoms with Crippen molar-refractivity contribution in [1.82, 2.24) is 19.5 Å². The fourth-order valence-electron chi connectivity index (χ4n) is 6.39. The van der Waals surface area contributed by atoms with Gasteiger partial charge >= 0.3 is 0 Å². The fraction of sp³-hybridized carbons (Fsp3) is 0. The predicted octanol–water partition coefficient (Wildman–Crippen LogP) is 10.3. The molecule has 2 aromatic heterocycles. The molecule has 0 saturated carbocycles. The molecule has 2 heterocycles. The maximum Gasteiger partial charge on any atom is 0.238 e. The molecule has 7 aromatic carbocycles. The average Bonchev–Trinajstić information content (AvgIpc) is 3.44. The van der Waals surface area contributed by atoms with Crippen LogP contribution < -0.4 is 0 Å². The minimum absolute atomic E-state index is 0.592. The molecule has 0 radical (unpaired) electrons. The first-order valence-corrected chi connectivity index (χ1v) is 15.1. The first kappa shape index (κ1) is 25.4. The zero-order valence-electron chi connectivity index (χ0n) is 24.3. The topological polar surface area (TPSA) is 43.6 Å². The second-order valence-corrected chi connectivity index (χ2v) is 11.4. The molecule has 0 N–H and O–H groups in total. The predicted molar refractivity (Wildman–Crippen MR) is 185 cm³/mol. The Labute approximate surface area is 259 Å². The van der Waals surface area contributed by atoms with Crippen LogP contribution in [0, 0.1) is 0 Å². The van der Waals surface area contributed by atoms with Crippen molar-refractivity contribution in [3.63, 3.8) is 0 Å². The van der Waals surface area contributed by atoms with E-state index in [0.29, 0.717) is 17.6 Å². The molecule has 0 unspecified atom stereocenters. The van der Waals surface area contributed by atoms with Crippen molar-refractivity contribution >= 4 is 43.4 Å². The zero-order chi connectivity index (χ0) is 29.7. The molecule has 210 valence electrons. The van der Waals surface area contributed by atoms with Crippen LogP contribution in [0.3, 0.4) is 0 Å². The molecule has 0 fully saturated rings. The van der Waals surface area contributed by atoms with E-state index >= 15 is 0 Å². The number of aromatic nitrogens is 4. The molecule has 4 nitrogen and oxygen atoms in total. The fourth-order valence-corrected chi connectivity index (χ4v) is 6.39. The molecule has 0 atom stereocenters. The van der Waals surface area contributed by atoms with Crippen LogP contribution in [0.15, 0.2) is 158 Å². The lowest BCUT2D eigenvalue weighted by Gasteiger charge is -2.12. The maximum atomic E-state index is 5.19. The second kappa shape index (κ2) is 10.2. The van der Waals surface area contributed by atoms with Gasteiger partial charge in [-0.05, 0) is 63.0 Å². The summed E-state index contributed by atoms with van der Waals surface area (Å²) in [6, 6.07) is 55.2. The van der Waals surface area contributed by atoms with Gasteiger partial charge < -0.3 is 0 Å². The zero-order valence-corrected chi connectivity index (χ0v) is 24.3. The molecule has 0 aliphatic rings. The van der Waals surface area contributed by atoms with E-state index in [4.69, 9.17) is 15.0 Å². The summed E-state index contributed by atoms with van der Waals surface area (Å²) in [4.78, 5) is 15.5. The highest BCUT2D eigenvalue weighted by molar-refractivity contribution is 6.13. The lowest BCUT2D eigenvalue weighted by Crippen LogP contribution is -2.06. The number of fused-ring (bicyclic) bond motifs is 5. The highest BCUT2D eigenvalue weighted by Gasteiger charge is 2.18. The smallest absolute Gasteiger partial charge is 0.238 e. The second-order valence-electron chi connectivity index (χ2n) is 11.4. The monoisotopic (exact) mass is 574 g/mol. The van der Waals surface area contributed by atoms with E-state index < -0.39 is 0 Å². The quantitative estimate of drug-likeness (QED) is 0.210. The van der Waals surface area contributed by atoms with Gasteiger partial charge in [0.25, 0.3) is 0 Å². The van der Waals surface area contributed by atoms with Gasteiger partial charge in [0.2, 0.25) is 5.95 Å². The SMILES string of the molecule is c1ccc(-c2cccc(-c3nc(-c4ccc5ccccc5c4)nc(-n4c5ccccc5c5cc6ccccc6cc54)n3)c2)cc1.